The number of hydrogen-bond acceptors (Lipinski definition) is 8. The lowest BCUT2D eigenvalue weighted by Crippen LogP contribution is -2.33. The number of hydrogen-bond donors (Lipinski definition) is 7. The Hall–Kier alpha value is -1.79. The van der Waals surface area contributed by atoms with Gasteiger partial charge in [0.25, 0.3) is 5.56 Å². The number of nitrogens with zero attached hydrogens (tertiary/aromatic N) is 1. The molecule has 3 heterocycles. The fourth-order valence-corrected chi connectivity index (χ4v) is 2.92. The van der Waals surface area contributed by atoms with Crippen LogP contribution in [0.15, 0.2) is 11.0 Å². The van der Waals surface area contributed by atoms with Gasteiger partial charge in [0, 0.05) is 11.8 Å². The number of ether oxygens (including phenoxy) is 1. The van der Waals surface area contributed by atoms with E-state index >= 15 is 0 Å². The van der Waals surface area contributed by atoms with Crippen LogP contribution in [0.1, 0.15) is 11.7 Å². The monoisotopic (exact) mass is 362 g/mol. The molecule has 0 aliphatic carbocycles. The number of phosphoric ester groups is 1. The normalized spacial score (nSPS) is 27.8. The van der Waals surface area contributed by atoms with Gasteiger partial charge in [0.2, 0.25) is 5.95 Å². The topological polar surface area (TPSA) is 204 Å². The molecule has 0 aromatic carbocycles. The third kappa shape index (κ3) is 3.08. The maximum absolute atomic E-state index is 11.8. The average molecular weight is 362 g/mol. The molecule has 4 atom stereocenters. The number of nitrogens with two attached hydrogens (primary N) is 1. The fraction of sp³-hybridized carbons (Fsp3) is 0.455. The van der Waals surface area contributed by atoms with Crippen LogP contribution in [0.25, 0.3) is 11.0 Å². The minimum atomic E-state index is -4.75. The molecular weight excluding hydrogens is 347 g/mol. The zero-order valence-corrected chi connectivity index (χ0v) is 12.9. The largest absolute Gasteiger partial charge is 0.469 e. The van der Waals surface area contributed by atoms with Crippen LogP contribution in [-0.4, -0.2) is 59.9 Å². The molecule has 1 fully saturated rings. The van der Waals surface area contributed by atoms with E-state index in [-0.39, 0.29) is 22.5 Å². The molecule has 0 amide bonds. The molecule has 2 aromatic heterocycles. The molecule has 0 bridgehead atoms. The molecule has 0 saturated carbocycles. The second-order valence-corrected chi connectivity index (χ2v) is 6.52. The van der Waals surface area contributed by atoms with E-state index in [0.29, 0.717) is 0 Å². The lowest BCUT2D eigenvalue weighted by atomic mass is 10.0. The number of aromatic amines is 2. The molecule has 0 unspecified atom stereocenters. The summed E-state index contributed by atoms with van der Waals surface area (Å²) < 4.78 is 20.5. The van der Waals surface area contributed by atoms with Gasteiger partial charge in [-0.1, -0.05) is 0 Å². The Bertz CT molecular complexity index is 859. The molecule has 1 aliphatic heterocycles. The molecule has 0 radical (unpaired) electrons. The van der Waals surface area contributed by atoms with Crippen LogP contribution in [0.2, 0.25) is 0 Å². The molecule has 13 heteroatoms. The molecule has 12 nitrogen and oxygen atoms in total. The predicted octanol–water partition coefficient (Wildman–Crippen LogP) is -1.90. The first kappa shape index (κ1) is 17.0. The second-order valence-electron chi connectivity index (χ2n) is 5.28. The Morgan fingerprint density at radius 3 is 2.75 bits per heavy atom. The minimum Gasteiger partial charge on any atom is -0.387 e. The van der Waals surface area contributed by atoms with Crippen molar-refractivity contribution >= 4 is 24.8 Å². The first-order valence-corrected chi connectivity index (χ1v) is 8.29. The highest BCUT2D eigenvalue weighted by atomic mass is 31.2. The highest BCUT2D eigenvalue weighted by molar-refractivity contribution is 7.46. The number of rotatable bonds is 4. The van der Waals surface area contributed by atoms with Crippen LogP contribution >= 0.6 is 7.82 Å². The smallest absolute Gasteiger partial charge is 0.387 e. The summed E-state index contributed by atoms with van der Waals surface area (Å²) in [6, 6.07) is 0. The van der Waals surface area contributed by atoms with Crippen molar-refractivity contribution in [2.75, 3.05) is 12.3 Å². The first-order chi connectivity index (χ1) is 11.2. The Morgan fingerprint density at radius 2 is 2.08 bits per heavy atom. The van der Waals surface area contributed by atoms with Crippen molar-refractivity contribution in [3.63, 3.8) is 0 Å². The molecule has 8 N–H and O–H groups in total. The van der Waals surface area contributed by atoms with Crippen LogP contribution in [0.3, 0.4) is 0 Å². The number of aliphatic hydroxyl groups excluding tert-OH is 2. The van der Waals surface area contributed by atoms with E-state index in [1.807, 2.05) is 0 Å². The molecule has 132 valence electrons. The molecule has 2 aromatic rings. The van der Waals surface area contributed by atoms with E-state index in [1.165, 1.54) is 6.20 Å². The first-order valence-electron chi connectivity index (χ1n) is 6.76. The van der Waals surface area contributed by atoms with Gasteiger partial charge in [-0.2, -0.15) is 0 Å². The number of aromatic nitrogens is 3. The minimum absolute atomic E-state index is 0.111. The van der Waals surface area contributed by atoms with Crippen LogP contribution < -0.4 is 11.3 Å². The quantitative estimate of drug-likeness (QED) is 0.301. The van der Waals surface area contributed by atoms with Crippen LogP contribution in [0.4, 0.5) is 5.95 Å². The molecule has 1 aliphatic rings. The van der Waals surface area contributed by atoms with Gasteiger partial charge in [0.1, 0.15) is 35.4 Å². The van der Waals surface area contributed by atoms with E-state index in [0.717, 1.165) is 0 Å². The maximum Gasteiger partial charge on any atom is 0.469 e. The van der Waals surface area contributed by atoms with Crippen molar-refractivity contribution < 1.29 is 33.8 Å². The van der Waals surface area contributed by atoms with Crippen molar-refractivity contribution in [1.82, 2.24) is 15.0 Å². The Balaban J connectivity index is 1.90. The molecule has 24 heavy (non-hydrogen) atoms. The van der Waals surface area contributed by atoms with Crippen molar-refractivity contribution in [3.8, 4) is 0 Å². The number of aliphatic hydroxyl groups is 2. The van der Waals surface area contributed by atoms with Gasteiger partial charge in [-0.15, -0.1) is 0 Å². The summed E-state index contributed by atoms with van der Waals surface area (Å²) in [7, 11) is -4.75. The standard InChI is InChI=1S/C11H15N4O8P/c12-11-14-5-3(1-13-6(5)10(18)15-11)9-8(17)7(16)4(23-9)2-22-24(19,20)21/h1,4,7-9,13,16-17H,2H2,(H2,19,20,21)(H3,12,14,15,18)/t4-,7-,8-,9-/m1/s1. The fourth-order valence-electron chi connectivity index (χ4n) is 2.58. The summed E-state index contributed by atoms with van der Waals surface area (Å²) in [5.74, 6) is -0.136. The zero-order chi connectivity index (χ0) is 17.6. The van der Waals surface area contributed by atoms with E-state index < -0.39 is 44.4 Å². The highest BCUT2D eigenvalue weighted by Crippen LogP contribution is 2.40. The van der Waals surface area contributed by atoms with E-state index in [4.69, 9.17) is 20.3 Å². The second kappa shape index (κ2) is 5.93. The molecule has 0 spiro atoms. The third-order valence-electron chi connectivity index (χ3n) is 3.66. The summed E-state index contributed by atoms with van der Waals surface area (Å²) in [5, 5.41) is 20.1. The van der Waals surface area contributed by atoms with Gasteiger partial charge in [0.15, 0.2) is 0 Å². The lowest BCUT2D eigenvalue weighted by Gasteiger charge is -2.14. The van der Waals surface area contributed by atoms with Crippen LogP contribution in [-0.2, 0) is 13.8 Å². The van der Waals surface area contributed by atoms with Crippen molar-refractivity contribution in [2.24, 2.45) is 0 Å². The van der Waals surface area contributed by atoms with Crippen molar-refractivity contribution in [1.29, 1.82) is 0 Å². The summed E-state index contributed by atoms with van der Waals surface area (Å²) in [5.41, 5.74) is 5.52. The molecule has 1 saturated heterocycles. The zero-order valence-electron chi connectivity index (χ0n) is 12.0. The van der Waals surface area contributed by atoms with Gasteiger partial charge in [-0.25, -0.2) is 9.55 Å². The number of H-pyrrole nitrogens is 2. The number of nitrogen functional groups attached to an aromatic ring is 1. The van der Waals surface area contributed by atoms with E-state index in [2.05, 4.69) is 19.5 Å². The maximum atomic E-state index is 11.8. The Labute approximate surface area is 133 Å². The van der Waals surface area contributed by atoms with Crippen molar-refractivity contribution in [3.05, 3.63) is 22.1 Å². The van der Waals surface area contributed by atoms with Gasteiger partial charge in [-0.05, 0) is 0 Å². The summed E-state index contributed by atoms with van der Waals surface area (Å²) in [6.45, 7) is -0.627. The predicted molar refractivity (Wildman–Crippen MR) is 78.8 cm³/mol. The average Bonchev–Trinajstić information content (AvgIpc) is 3.00. The highest BCUT2D eigenvalue weighted by Gasteiger charge is 2.45. The molecular formula is C11H15N4O8P. The number of anilines is 1. The summed E-state index contributed by atoms with van der Waals surface area (Å²) in [4.78, 5) is 38.1. The molecule has 3 rings (SSSR count). The summed E-state index contributed by atoms with van der Waals surface area (Å²) in [6.07, 6.45) is -3.77. The number of fused-ring (bicyclic) bond motifs is 1. The SMILES string of the molecule is Nc1nc2c([C@H]3O[C@H](COP(=O)(O)O)[C@@H](O)[C@H]3O)c[nH]c2c(=O)[nH]1. The number of nitrogens with one attached hydrogen (secondary N) is 2. The van der Waals surface area contributed by atoms with Crippen molar-refractivity contribution in [2.45, 2.75) is 24.4 Å². The summed E-state index contributed by atoms with van der Waals surface area (Å²) >= 11 is 0. The third-order valence-corrected chi connectivity index (χ3v) is 4.14. The Kier molecular flexibility index (Phi) is 4.21. The van der Waals surface area contributed by atoms with E-state index in [1.54, 1.807) is 0 Å². The number of phosphoric acid groups is 1. The van der Waals surface area contributed by atoms with Crippen LogP contribution in [0, 0.1) is 0 Å². The van der Waals surface area contributed by atoms with E-state index in [9.17, 15) is 19.6 Å². The van der Waals surface area contributed by atoms with Gasteiger partial charge in [0.05, 0.1) is 6.61 Å². The van der Waals surface area contributed by atoms with Gasteiger partial charge in [-0.3, -0.25) is 14.3 Å². The van der Waals surface area contributed by atoms with Gasteiger partial charge < -0.3 is 35.5 Å². The lowest BCUT2D eigenvalue weighted by molar-refractivity contribution is -0.0220. The van der Waals surface area contributed by atoms with Crippen LogP contribution in [0.5, 0.6) is 0 Å². The Morgan fingerprint density at radius 1 is 1.38 bits per heavy atom. The van der Waals surface area contributed by atoms with Gasteiger partial charge >= 0.3 is 7.82 Å².